The molecule has 94 valence electrons. The number of benzene rings is 1. The van der Waals surface area contributed by atoms with Gasteiger partial charge in [-0.1, -0.05) is 23.7 Å². The molecule has 1 aromatic rings. The lowest BCUT2D eigenvalue weighted by molar-refractivity contribution is 0.107. The molecule has 0 radical (unpaired) electrons. The zero-order valence-electron chi connectivity index (χ0n) is 10.2. The molecule has 0 saturated carbocycles. The number of hydrogen-bond acceptors (Lipinski definition) is 3. The van der Waals surface area contributed by atoms with Crippen molar-refractivity contribution in [2.75, 3.05) is 20.2 Å². The summed E-state index contributed by atoms with van der Waals surface area (Å²) in [5.74, 6) is 0. The van der Waals surface area contributed by atoms with E-state index in [1.165, 1.54) is 5.56 Å². The van der Waals surface area contributed by atoms with E-state index >= 15 is 0 Å². The highest BCUT2D eigenvalue weighted by atomic mass is 35.5. The first-order valence-corrected chi connectivity index (χ1v) is 6.33. The maximum atomic E-state index is 6.24. The summed E-state index contributed by atoms with van der Waals surface area (Å²) in [6.45, 7) is 3.50. The number of nitrogens with two attached hydrogens (primary N) is 1. The molecule has 0 bridgehead atoms. The van der Waals surface area contributed by atoms with Gasteiger partial charge in [0, 0.05) is 38.3 Å². The molecule has 3 nitrogen and oxygen atoms in total. The molecule has 0 aliphatic carbocycles. The standard InChI is InChI=1S/C13H19ClN2O/c1-17-12-4-5-16(9-12)8-11-3-2-10(7-15)6-13(11)14/h2-3,6,12H,4-5,7-9,15H2,1H3. The van der Waals surface area contributed by atoms with Crippen molar-refractivity contribution < 1.29 is 4.74 Å². The summed E-state index contributed by atoms with van der Waals surface area (Å²) in [4.78, 5) is 2.37. The molecule has 0 aromatic heterocycles. The van der Waals surface area contributed by atoms with Crippen molar-refractivity contribution in [2.24, 2.45) is 5.73 Å². The Bertz CT molecular complexity index is 384. The van der Waals surface area contributed by atoms with Gasteiger partial charge in [0.1, 0.15) is 0 Å². The lowest BCUT2D eigenvalue weighted by atomic mass is 10.1. The molecule has 2 N–H and O–H groups in total. The smallest absolute Gasteiger partial charge is 0.0710 e. The number of methoxy groups -OCH3 is 1. The van der Waals surface area contributed by atoms with Crippen molar-refractivity contribution in [3.8, 4) is 0 Å². The highest BCUT2D eigenvalue weighted by molar-refractivity contribution is 6.31. The zero-order valence-corrected chi connectivity index (χ0v) is 10.9. The lowest BCUT2D eigenvalue weighted by Crippen LogP contribution is -2.22. The number of halogens is 1. The topological polar surface area (TPSA) is 38.5 Å². The maximum Gasteiger partial charge on any atom is 0.0710 e. The first-order valence-electron chi connectivity index (χ1n) is 5.95. The molecule has 1 aromatic carbocycles. The third kappa shape index (κ3) is 3.19. The largest absolute Gasteiger partial charge is 0.380 e. The van der Waals surface area contributed by atoms with Crippen LogP contribution in [0.25, 0.3) is 0 Å². The lowest BCUT2D eigenvalue weighted by Gasteiger charge is -2.16. The number of nitrogens with zero attached hydrogens (tertiary/aromatic N) is 1. The SMILES string of the molecule is COC1CCN(Cc2ccc(CN)cc2Cl)C1. The van der Waals surface area contributed by atoms with Gasteiger partial charge >= 0.3 is 0 Å². The molecule has 1 saturated heterocycles. The fourth-order valence-corrected chi connectivity index (χ4v) is 2.48. The third-order valence-corrected chi connectivity index (χ3v) is 3.66. The second-order valence-electron chi connectivity index (χ2n) is 4.51. The van der Waals surface area contributed by atoms with Crippen molar-refractivity contribution in [3.05, 3.63) is 34.3 Å². The fourth-order valence-electron chi connectivity index (χ4n) is 2.22. The van der Waals surface area contributed by atoms with Gasteiger partial charge in [-0.05, 0) is 23.6 Å². The Morgan fingerprint density at radius 1 is 1.53 bits per heavy atom. The van der Waals surface area contributed by atoms with Crippen LogP contribution in [0.4, 0.5) is 0 Å². The van der Waals surface area contributed by atoms with Gasteiger partial charge < -0.3 is 10.5 Å². The van der Waals surface area contributed by atoms with E-state index in [0.717, 1.165) is 36.6 Å². The van der Waals surface area contributed by atoms with Crippen LogP contribution < -0.4 is 5.73 Å². The molecule has 1 aliphatic rings. The van der Waals surface area contributed by atoms with Gasteiger partial charge in [0.2, 0.25) is 0 Å². The van der Waals surface area contributed by atoms with Crippen LogP contribution in [0.15, 0.2) is 18.2 Å². The monoisotopic (exact) mass is 254 g/mol. The van der Waals surface area contributed by atoms with Crippen LogP contribution >= 0.6 is 11.6 Å². The van der Waals surface area contributed by atoms with Crippen LogP contribution in [0.5, 0.6) is 0 Å². The Morgan fingerprint density at radius 3 is 2.94 bits per heavy atom. The van der Waals surface area contributed by atoms with Crippen molar-refractivity contribution in [3.63, 3.8) is 0 Å². The summed E-state index contributed by atoms with van der Waals surface area (Å²) in [6, 6.07) is 6.08. The third-order valence-electron chi connectivity index (χ3n) is 3.31. The van der Waals surface area contributed by atoms with E-state index in [2.05, 4.69) is 11.0 Å². The van der Waals surface area contributed by atoms with Gasteiger partial charge in [-0.2, -0.15) is 0 Å². The average Bonchev–Trinajstić information content (AvgIpc) is 2.79. The van der Waals surface area contributed by atoms with Gasteiger partial charge in [0.05, 0.1) is 6.10 Å². The molecule has 1 fully saturated rings. The normalized spacial score (nSPS) is 21.0. The molecule has 0 amide bonds. The van der Waals surface area contributed by atoms with E-state index in [0.29, 0.717) is 12.6 Å². The number of likely N-dealkylation sites (tertiary alicyclic amines) is 1. The van der Waals surface area contributed by atoms with E-state index in [1.54, 1.807) is 7.11 Å². The Balaban J connectivity index is 1.99. The van der Waals surface area contributed by atoms with Crippen molar-refractivity contribution >= 4 is 11.6 Å². The van der Waals surface area contributed by atoms with Gasteiger partial charge in [0.15, 0.2) is 0 Å². The predicted octanol–water partition coefficient (Wildman–Crippen LogP) is 2.02. The minimum atomic E-state index is 0.372. The molecule has 1 aliphatic heterocycles. The van der Waals surface area contributed by atoms with Gasteiger partial charge in [-0.15, -0.1) is 0 Å². The van der Waals surface area contributed by atoms with Gasteiger partial charge in [0.25, 0.3) is 0 Å². The summed E-state index contributed by atoms with van der Waals surface area (Å²) < 4.78 is 5.35. The molecule has 4 heteroatoms. The molecule has 0 spiro atoms. The summed E-state index contributed by atoms with van der Waals surface area (Å²) in [5.41, 5.74) is 7.83. The second-order valence-corrected chi connectivity index (χ2v) is 4.92. The molecule has 2 rings (SSSR count). The van der Waals surface area contributed by atoms with E-state index in [-0.39, 0.29) is 0 Å². The first kappa shape index (κ1) is 12.8. The highest BCUT2D eigenvalue weighted by Crippen LogP contribution is 2.22. The summed E-state index contributed by atoms with van der Waals surface area (Å²) >= 11 is 6.24. The van der Waals surface area contributed by atoms with E-state index in [1.807, 2.05) is 12.1 Å². The Labute approximate surface area is 107 Å². The van der Waals surface area contributed by atoms with Crippen LogP contribution in [0, 0.1) is 0 Å². The molecule has 1 atom stereocenters. The minimum absolute atomic E-state index is 0.372. The molecule has 1 heterocycles. The Kier molecular flexibility index (Phi) is 4.40. The van der Waals surface area contributed by atoms with Crippen molar-refractivity contribution in [1.82, 2.24) is 4.90 Å². The Hall–Kier alpha value is -0.610. The van der Waals surface area contributed by atoms with E-state index in [9.17, 15) is 0 Å². The van der Waals surface area contributed by atoms with Gasteiger partial charge in [-0.25, -0.2) is 0 Å². The Morgan fingerprint density at radius 2 is 2.35 bits per heavy atom. The predicted molar refractivity (Wildman–Crippen MR) is 70.0 cm³/mol. The zero-order chi connectivity index (χ0) is 12.3. The molecule has 1 unspecified atom stereocenters. The summed E-state index contributed by atoms with van der Waals surface area (Å²) in [5, 5.41) is 0.814. The molecular formula is C13H19ClN2O. The number of rotatable bonds is 4. The maximum absolute atomic E-state index is 6.24. The van der Waals surface area contributed by atoms with E-state index in [4.69, 9.17) is 22.1 Å². The number of ether oxygens (including phenoxy) is 1. The van der Waals surface area contributed by atoms with Crippen LogP contribution in [0.3, 0.4) is 0 Å². The van der Waals surface area contributed by atoms with Crippen molar-refractivity contribution in [2.45, 2.75) is 25.6 Å². The van der Waals surface area contributed by atoms with E-state index < -0.39 is 0 Å². The first-order chi connectivity index (χ1) is 8.22. The number of hydrogen-bond donors (Lipinski definition) is 1. The van der Waals surface area contributed by atoms with Crippen LogP contribution in [-0.4, -0.2) is 31.2 Å². The average molecular weight is 255 g/mol. The second kappa shape index (κ2) is 5.83. The van der Waals surface area contributed by atoms with Crippen LogP contribution in [0.1, 0.15) is 17.5 Å². The summed E-state index contributed by atoms with van der Waals surface area (Å²) in [6.07, 6.45) is 1.48. The minimum Gasteiger partial charge on any atom is -0.380 e. The quantitative estimate of drug-likeness (QED) is 0.894. The fraction of sp³-hybridized carbons (Fsp3) is 0.538. The highest BCUT2D eigenvalue weighted by Gasteiger charge is 2.22. The van der Waals surface area contributed by atoms with Crippen molar-refractivity contribution in [1.29, 1.82) is 0 Å². The van der Waals surface area contributed by atoms with Crippen LogP contribution in [-0.2, 0) is 17.8 Å². The summed E-state index contributed by atoms with van der Waals surface area (Å²) in [7, 11) is 1.77. The molecule has 17 heavy (non-hydrogen) atoms. The molecular weight excluding hydrogens is 236 g/mol. The van der Waals surface area contributed by atoms with Gasteiger partial charge in [-0.3, -0.25) is 4.90 Å². The van der Waals surface area contributed by atoms with Crippen LogP contribution in [0.2, 0.25) is 5.02 Å².